The van der Waals surface area contributed by atoms with Gasteiger partial charge in [0.2, 0.25) is 5.91 Å². The lowest BCUT2D eigenvalue weighted by Gasteiger charge is -2.25. The molecule has 1 aliphatic rings. The minimum Gasteiger partial charge on any atom is -0.459 e. The van der Waals surface area contributed by atoms with Gasteiger partial charge in [-0.3, -0.25) is 9.78 Å². The molecule has 3 heterocycles. The van der Waals surface area contributed by atoms with Crippen LogP contribution in [0, 0.1) is 6.92 Å². The van der Waals surface area contributed by atoms with E-state index in [9.17, 15) is 4.79 Å². The van der Waals surface area contributed by atoms with Crippen molar-refractivity contribution in [3.8, 4) is 11.3 Å². The Morgan fingerprint density at radius 2 is 1.91 bits per heavy atom. The first kappa shape index (κ1) is 23.1. The second kappa shape index (κ2) is 9.90. The maximum atomic E-state index is 12.9. The largest absolute Gasteiger partial charge is 0.459 e. The zero-order valence-electron chi connectivity index (χ0n) is 18.9. The molecule has 0 aliphatic carbocycles. The summed E-state index contributed by atoms with van der Waals surface area (Å²) in [5.74, 6) is 1.20. The van der Waals surface area contributed by atoms with Crippen LogP contribution in [0.3, 0.4) is 0 Å². The number of amides is 1. The number of anilines is 1. The number of aromatic nitrogens is 1. The van der Waals surface area contributed by atoms with Gasteiger partial charge in [0.1, 0.15) is 24.1 Å². The SMILES string of the molecule is Cc1ccc(Cl)cc1-c1ccc([C@@H]2[C@@H](c3ccccn3)NC(=S)N2CC(=O)Nc2ccccc2)o1. The number of hydrogen-bond acceptors (Lipinski definition) is 4. The molecular weight excluding hydrogens is 480 g/mol. The summed E-state index contributed by atoms with van der Waals surface area (Å²) in [4.78, 5) is 19.3. The Bertz CT molecular complexity index is 1360. The van der Waals surface area contributed by atoms with Crippen LogP contribution in [-0.2, 0) is 4.79 Å². The summed E-state index contributed by atoms with van der Waals surface area (Å²) in [6.45, 7) is 2.07. The van der Waals surface area contributed by atoms with E-state index in [0.29, 0.717) is 21.7 Å². The second-order valence-corrected chi connectivity index (χ2v) is 9.15. The predicted molar refractivity (Wildman–Crippen MR) is 141 cm³/mol. The quantitative estimate of drug-likeness (QED) is 0.319. The molecule has 5 rings (SSSR count). The first-order valence-electron chi connectivity index (χ1n) is 11.2. The minimum absolute atomic E-state index is 0.0565. The molecule has 1 fully saturated rings. The number of furan rings is 1. The molecule has 2 N–H and O–H groups in total. The summed E-state index contributed by atoms with van der Waals surface area (Å²) in [5.41, 5.74) is 3.50. The number of halogens is 1. The third-order valence-electron chi connectivity index (χ3n) is 5.95. The highest BCUT2D eigenvalue weighted by atomic mass is 35.5. The molecule has 0 saturated carbocycles. The monoisotopic (exact) mass is 502 g/mol. The minimum atomic E-state index is -0.368. The Kier molecular flexibility index (Phi) is 6.53. The molecule has 0 bridgehead atoms. The first-order chi connectivity index (χ1) is 17.0. The lowest BCUT2D eigenvalue weighted by Crippen LogP contribution is -2.36. The summed E-state index contributed by atoms with van der Waals surface area (Å²) in [7, 11) is 0. The van der Waals surface area contributed by atoms with Crippen LogP contribution in [-0.4, -0.2) is 27.4 Å². The molecule has 1 amide bonds. The number of hydrogen-bond donors (Lipinski definition) is 2. The van der Waals surface area contributed by atoms with Crippen molar-refractivity contribution < 1.29 is 9.21 Å². The van der Waals surface area contributed by atoms with Gasteiger partial charge in [0.15, 0.2) is 5.11 Å². The highest BCUT2D eigenvalue weighted by molar-refractivity contribution is 7.80. The van der Waals surface area contributed by atoms with E-state index in [0.717, 1.165) is 22.5 Å². The van der Waals surface area contributed by atoms with Gasteiger partial charge in [-0.15, -0.1) is 0 Å². The van der Waals surface area contributed by atoms with Gasteiger partial charge in [-0.2, -0.15) is 0 Å². The predicted octanol–water partition coefficient (Wildman–Crippen LogP) is 5.91. The van der Waals surface area contributed by atoms with Gasteiger partial charge < -0.3 is 20.0 Å². The Morgan fingerprint density at radius 1 is 1.11 bits per heavy atom. The van der Waals surface area contributed by atoms with Gasteiger partial charge in [-0.1, -0.05) is 41.9 Å². The van der Waals surface area contributed by atoms with E-state index in [1.165, 1.54) is 0 Å². The normalized spacial score (nSPS) is 17.3. The maximum Gasteiger partial charge on any atom is 0.244 e. The average molecular weight is 503 g/mol. The molecule has 0 unspecified atom stereocenters. The highest BCUT2D eigenvalue weighted by Crippen LogP contribution is 2.40. The first-order valence-corrected chi connectivity index (χ1v) is 12.0. The molecule has 1 saturated heterocycles. The van der Waals surface area contributed by atoms with E-state index in [1.807, 2.05) is 90.7 Å². The lowest BCUT2D eigenvalue weighted by atomic mass is 10.0. The molecule has 2 aromatic carbocycles. The summed E-state index contributed by atoms with van der Waals surface area (Å²) < 4.78 is 6.36. The fourth-order valence-corrected chi connectivity index (χ4v) is 4.75. The van der Waals surface area contributed by atoms with Crippen LogP contribution in [0.5, 0.6) is 0 Å². The fourth-order valence-electron chi connectivity index (χ4n) is 4.28. The van der Waals surface area contributed by atoms with E-state index in [2.05, 4.69) is 15.6 Å². The maximum absolute atomic E-state index is 12.9. The van der Waals surface area contributed by atoms with Gasteiger partial charge in [0.05, 0.1) is 11.7 Å². The van der Waals surface area contributed by atoms with Crippen LogP contribution in [0.25, 0.3) is 11.3 Å². The van der Waals surface area contributed by atoms with Crippen molar-refractivity contribution in [1.82, 2.24) is 15.2 Å². The smallest absolute Gasteiger partial charge is 0.244 e. The van der Waals surface area contributed by atoms with E-state index >= 15 is 0 Å². The number of carbonyl (C=O) groups excluding carboxylic acids is 1. The number of nitrogens with one attached hydrogen (secondary N) is 2. The van der Waals surface area contributed by atoms with Gasteiger partial charge in [-0.25, -0.2) is 0 Å². The number of rotatable bonds is 6. The second-order valence-electron chi connectivity index (χ2n) is 8.33. The molecule has 176 valence electrons. The lowest BCUT2D eigenvalue weighted by molar-refractivity contribution is -0.116. The average Bonchev–Trinajstić information content (AvgIpc) is 3.46. The van der Waals surface area contributed by atoms with E-state index in [1.54, 1.807) is 6.20 Å². The fraction of sp³-hybridized carbons (Fsp3) is 0.148. The van der Waals surface area contributed by atoms with Gasteiger partial charge in [0.25, 0.3) is 0 Å². The van der Waals surface area contributed by atoms with Crippen LogP contribution in [0.2, 0.25) is 5.02 Å². The van der Waals surface area contributed by atoms with Crippen molar-refractivity contribution >= 4 is 40.5 Å². The van der Waals surface area contributed by atoms with E-state index in [4.69, 9.17) is 28.2 Å². The van der Waals surface area contributed by atoms with Gasteiger partial charge >= 0.3 is 0 Å². The molecule has 6 nitrogen and oxygen atoms in total. The Hall–Kier alpha value is -3.68. The third kappa shape index (κ3) is 4.92. The molecule has 0 radical (unpaired) electrons. The molecule has 1 aliphatic heterocycles. The van der Waals surface area contributed by atoms with Crippen molar-refractivity contribution in [3.63, 3.8) is 0 Å². The Morgan fingerprint density at radius 3 is 2.69 bits per heavy atom. The van der Waals surface area contributed by atoms with Gasteiger partial charge in [-0.05, 0) is 73.2 Å². The number of benzene rings is 2. The topological polar surface area (TPSA) is 70.4 Å². The number of nitrogens with zero attached hydrogens (tertiary/aromatic N) is 2. The standard InChI is InChI=1S/C27H23ClN4O2S/c1-17-10-11-18(28)15-20(17)22-12-13-23(34-22)26-25(21-9-5-6-14-29-21)31-27(35)32(26)16-24(33)30-19-7-3-2-4-8-19/h2-15,25-26H,16H2,1H3,(H,30,33)(H,31,35)/t25-,26-/m1/s1. The Balaban J connectivity index is 1.48. The van der Waals surface area contributed by atoms with Crippen molar-refractivity contribution in [2.75, 3.05) is 11.9 Å². The Labute approximate surface area is 213 Å². The highest BCUT2D eigenvalue weighted by Gasteiger charge is 2.42. The van der Waals surface area contributed by atoms with Crippen molar-refractivity contribution in [3.05, 3.63) is 107 Å². The van der Waals surface area contributed by atoms with Crippen molar-refractivity contribution in [1.29, 1.82) is 0 Å². The number of aryl methyl sites for hydroxylation is 1. The molecule has 4 aromatic rings. The van der Waals surface area contributed by atoms with E-state index < -0.39 is 0 Å². The molecule has 8 heteroatoms. The molecule has 2 atom stereocenters. The molecular formula is C27H23ClN4O2S. The summed E-state index contributed by atoms with van der Waals surface area (Å²) in [6, 6.07) is 24.0. The summed E-state index contributed by atoms with van der Waals surface area (Å²) in [6.07, 6.45) is 1.74. The number of pyridine rings is 1. The van der Waals surface area contributed by atoms with Crippen LogP contribution >= 0.6 is 23.8 Å². The van der Waals surface area contributed by atoms with Crippen molar-refractivity contribution in [2.45, 2.75) is 19.0 Å². The van der Waals surface area contributed by atoms with Crippen molar-refractivity contribution in [2.24, 2.45) is 0 Å². The van der Waals surface area contributed by atoms with E-state index in [-0.39, 0.29) is 24.5 Å². The number of thiocarbonyl (C=S) groups is 1. The zero-order valence-corrected chi connectivity index (χ0v) is 20.5. The number of para-hydroxylation sites is 1. The van der Waals surface area contributed by atoms with Crippen LogP contribution in [0.4, 0.5) is 5.69 Å². The van der Waals surface area contributed by atoms with Gasteiger partial charge in [0, 0.05) is 22.5 Å². The molecule has 35 heavy (non-hydrogen) atoms. The van der Waals surface area contributed by atoms with Crippen LogP contribution in [0.1, 0.15) is 29.1 Å². The summed E-state index contributed by atoms with van der Waals surface area (Å²) in [5, 5.41) is 7.37. The molecule has 0 spiro atoms. The van der Waals surface area contributed by atoms with Crippen LogP contribution < -0.4 is 10.6 Å². The summed E-state index contributed by atoms with van der Waals surface area (Å²) >= 11 is 11.9. The molecule has 2 aromatic heterocycles. The third-order valence-corrected chi connectivity index (χ3v) is 6.54. The number of carbonyl (C=O) groups is 1. The van der Waals surface area contributed by atoms with Crippen LogP contribution in [0.15, 0.2) is 89.5 Å². The zero-order chi connectivity index (χ0) is 24.4.